The molecule has 0 atom stereocenters. The SMILES string of the molecule is CCCc1nc2c(Cl)nc3ccccc3c2n1CC1(O)CCC1. The average molecular weight is 330 g/mol. The van der Waals surface area contributed by atoms with E-state index in [4.69, 9.17) is 16.6 Å². The van der Waals surface area contributed by atoms with Crippen LogP contribution in [0.25, 0.3) is 21.9 Å². The third kappa shape index (κ3) is 2.41. The van der Waals surface area contributed by atoms with Crippen molar-refractivity contribution in [1.29, 1.82) is 0 Å². The monoisotopic (exact) mass is 329 g/mol. The average Bonchev–Trinajstić information content (AvgIpc) is 2.86. The summed E-state index contributed by atoms with van der Waals surface area (Å²) < 4.78 is 2.17. The van der Waals surface area contributed by atoms with E-state index in [0.29, 0.717) is 11.7 Å². The van der Waals surface area contributed by atoms with Crippen LogP contribution in [0.4, 0.5) is 0 Å². The number of pyridine rings is 1. The Hall–Kier alpha value is -1.65. The number of hydrogen-bond donors (Lipinski definition) is 1. The first-order valence-electron chi connectivity index (χ1n) is 8.27. The van der Waals surface area contributed by atoms with E-state index in [2.05, 4.69) is 22.5 Å². The van der Waals surface area contributed by atoms with Crippen LogP contribution < -0.4 is 0 Å². The normalized spacial score (nSPS) is 16.8. The number of aryl methyl sites for hydroxylation is 1. The lowest BCUT2D eigenvalue weighted by atomic mass is 9.80. The van der Waals surface area contributed by atoms with Crippen LogP contribution in [-0.2, 0) is 13.0 Å². The zero-order valence-electron chi connectivity index (χ0n) is 13.2. The molecular weight excluding hydrogens is 310 g/mol. The van der Waals surface area contributed by atoms with Crippen molar-refractivity contribution in [2.24, 2.45) is 0 Å². The van der Waals surface area contributed by atoms with Gasteiger partial charge in [0.15, 0.2) is 5.15 Å². The van der Waals surface area contributed by atoms with Gasteiger partial charge in [0.2, 0.25) is 0 Å². The first-order chi connectivity index (χ1) is 11.1. The van der Waals surface area contributed by atoms with Crippen molar-refractivity contribution >= 4 is 33.5 Å². The van der Waals surface area contributed by atoms with Gasteiger partial charge in [-0.1, -0.05) is 36.7 Å². The molecule has 0 spiro atoms. The number of para-hydroxylation sites is 1. The second-order valence-electron chi connectivity index (χ2n) is 6.56. The number of hydrogen-bond acceptors (Lipinski definition) is 3. The maximum Gasteiger partial charge on any atom is 0.157 e. The minimum Gasteiger partial charge on any atom is -0.388 e. The van der Waals surface area contributed by atoms with Gasteiger partial charge in [0, 0.05) is 11.8 Å². The van der Waals surface area contributed by atoms with E-state index in [-0.39, 0.29) is 0 Å². The van der Waals surface area contributed by atoms with Crippen LogP contribution in [0.3, 0.4) is 0 Å². The largest absolute Gasteiger partial charge is 0.388 e. The van der Waals surface area contributed by atoms with E-state index in [9.17, 15) is 5.11 Å². The molecule has 2 aromatic heterocycles. The Morgan fingerprint density at radius 3 is 2.74 bits per heavy atom. The zero-order chi connectivity index (χ0) is 16.0. The van der Waals surface area contributed by atoms with Crippen molar-refractivity contribution in [3.63, 3.8) is 0 Å². The van der Waals surface area contributed by atoms with Crippen molar-refractivity contribution in [2.75, 3.05) is 0 Å². The molecule has 5 heteroatoms. The predicted octanol–water partition coefficient (Wildman–Crippen LogP) is 4.11. The molecule has 0 amide bonds. The van der Waals surface area contributed by atoms with Crippen molar-refractivity contribution in [3.8, 4) is 0 Å². The number of benzene rings is 1. The van der Waals surface area contributed by atoms with Crippen LogP contribution in [0.5, 0.6) is 0 Å². The molecule has 0 radical (unpaired) electrons. The number of fused-ring (bicyclic) bond motifs is 3. The third-order valence-electron chi connectivity index (χ3n) is 4.83. The molecule has 0 bridgehead atoms. The van der Waals surface area contributed by atoms with E-state index in [1.54, 1.807) is 0 Å². The molecule has 4 rings (SSSR count). The number of aromatic nitrogens is 3. The smallest absolute Gasteiger partial charge is 0.157 e. The lowest BCUT2D eigenvalue weighted by Gasteiger charge is -2.37. The molecule has 23 heavy (non-hydrogen) atoms. The number of nitrogens with zero attached hydrogens (tertiary/aromatic N) is 3. The second-order valence-corrected chi connectivity index (χ2v) is 6.92. The predicted molar refractivity (Wildman–Crippen MR) is 92.8 cm³/mol. The molecule has 3 aromatic rings. The molecule has 1 saturated carbocycles. The van der Waals surface area contributed by atoms with Gasteiger partial charge in [0.1, 0.15) is 11.3 Å². The Labute approximate surface area is 140 Å². The van der Waals surface area contributed by atoms with Crippen LogP contribution in [0.15, 0.2) is 24.3 Å². The summed E-state index contributed by atoms with van der Waals surface area (Å²) in [7, 11) is 0. The van der Waals surface area contributed by atoms with Crippen LogP contribution in [0, 0.1) is 0 Å². The molecule has 1 fully saturated rings. The van der Waals surface area contributed by atoms with Crippen molar-refractivity contribution in [3.05, 3.63) is 35.2 Å². The van der Waals surface area contributed by atoms with Crippen LogP contribution in [0.2, 0.25) is 5.15 Å². The maximum atomic E-state index is 10.7. The number of aliphatic hydroxyl groups is 1. The number of halogens is 1. The van der Waals surface area contributed by atoms with Crippen LogP contribution in [-0.4, -0.2) is 25.2 Å². The van der Waals surface area contributed by atoms with Gasteiger partial charge >= 0.3 is 0 Å². The first-order valence-corrected chi connectivity index (χ1v) is 8.65. The Morgan fingerprint density at radius 2 is 2.04 bits per heavy atom. The summed E-state index contributed by atoms with van der Waals surface area (Å²) in [5, 5.41) is 12.2. The highest BCUT2D eigenvalue weighted by Gasteiger charge is 2.36. The standard InChI is InChI=1S/C18H20ClN3O/c1-2-6-14-21-15-16(22(14)11-18(23)9-5-10-18)12-7-3-4-8-13(12)20-17(15)19/h3-4,7-8,23H,2,5-6,9-11H2,1H3. The molecule has 1 aromatic carbocycles. The summed E-state index contributed by atoms with van der Waals surface area (Å²) in [5.74, 6) is 0.989. The van der Waals surface area contributed by atoms with Crippen LogP contribution >= 0.6 is 11.6 Å². The Bertz CT molecular complexity index is 883. The third-order valence-corrected chi connectivity index (χ3v) is 5.09. The van der Waals surface area contributed by atoms with Gasteiger partial charge in [-0.2, -0.15) is 0 Å². The molecule has 0 aliphatic heterocycles. The van der Waals surface area contributed by atoms with Gasteiger partial charge in [-0.25, -0.2) is 9.97 Å². The quantitative estimate of drug-likeness (QED) is 0.733. The highest BCUT2D eigenvalue weighted by molar-refractivity contribution is 6.35. The molecule has 2 heterocycles. The summed E-state index contributed by atoms with van der Waals surface area (Å²) in [4.78, 5) is 9.23. The van der Waals surface area contributed by atoms with Gasteiger partial charge in [0.25, 0.3) is 0 Å². The summed E-state index contributed by atoms with van der Waals surface area (Å²) in [5.41, 5.74) is 2.02. The topological polar surface area (TPSA) is 50.9 Å². The Morgan fingerprint density at radius 1 is 1.26 bits per heavy atom. The first kappa shape index (κ1) is 14.9. The van der Waals surface area contributed by atoms with Crippen molar-refractivity contribution in [1.82, 2.24) is 14.5 Å². The lowest BCUT2D eigenvalue weighted by molar-refractivity contribution is -0.0469. The van der Waals surface area contributed by atoms with E-state index in [1.165, 1.54) is 0 Å². The minimum absolute atomic E-state index is 0.440. The summed E-state index contributed by atoms with van der Waals surface area (Å²) in [6.07, 6.45) is 4.68. The van der Waals surface area contributed by atoms with Gasteiger partial charge in [-0.3, -0.25) is 0 Å². The molecule has 120 valence electrons. The van der Waals surface area contributed by atoms with Gasteiger partial charge < -0.3 is 9.67 Å². The molecule has 4 nitrogen and oxygen atoms in total. The van der Waals surface area contributed by atoms with Crippen molar-refractivity contribution < 1.29 is 5.11 Å². The van der Waals surface area contributed by atoms with Gasteiger partial charge in [-0.15, -0.1) is 0 Å². The molecule has 1 aliphatic rings. The number of rotatable bonds is 4. The van der Waals surface area contributed by atoms with E-state index < -0.39 is 5.60 Å². The lowest BCUT2D eigenvalue weighted by Crippen LogP contribution is -2.41. The molecule has 0 saturated heterocycles. The van der Waals surface area contributed by atoms with Crippen LogP contribution in [0.1, 0.15) is 38.4 Å². The minimum atomic E-state index is -0.604. The summed E-state index contributed by atoms with van der Waals surface area (Å²) in [6.45, 7) is 2.73. The Balaban J connectivity index is 2.01. The fraction of sp³-hybridized carbons (Fsp3) is 0.444. The number of imidazole rings is 1. The molecule has 0 unspecified atom stereocenters. The van der Waals surface area contributed by atoms with Crippen molar-refractivity contribution in [2.45, 2.75) is 51.2 Å². The second kappa shape index (κ2) is 5.46. The van der Waals surface area contributed by atoms with Gasteiger partial charge in [0.05, 0.1) is 23.2 Å². The Kier molecular flexibility index (Phi) is 3.54. The molecule has 1 N–H and O–H groups in total. The molecule has 1 aliphatic carbocycles. The highest BCUT2D eigenvalue weighted by Crippen LogP contribution is 2.37. The fourth-order valence-corrected chi connectivity index (χ4v) is 3.69. The van der Waals surface area contributed by atoms with E-state index in [0.717, 1.165) is 59.9 Å². The molecular formula is C18H20ClN3O. The van der Waals surface area contributed by atoms with E-state index >= 15 is 0 Å². The summed E-state index contributed by atoms with van der Waals surface area (Å²) in [6, 6.07) is 7.99. The van der Waals surface area contributed by atoms with E-state index in [1.807, 2.05) is 18.2 Å². The van der Waals surface area contributed by atoms with Gasteiger partial charge in [-0.05, 0) is 31.7 Å². The maximum absolute atomic E-state index is 10.7. The highest BCUT2D eigenvalue weighted by atomic mass is 35.5. The fourth-order valence-electron chi connectivity index (χ4n) is 3.47. The summed E-state index contributed by atoms with van der Waals surface area (Å²) >= 11 is 6.39. The zero-order valence-corrected chi connectivity index (χ0v) is 14.0.